The molecule has 0 unspecified atom stereocenters. The van der Waals surface area contributed by atoms with Gasteiger partial charge in [-0.05, 0) is 31.5 Å². The molecule has 0 radical (unpaired) electrons. The Hall–Kier alpha value is -1.89. The molecule has 0 saturated heterocycles. The Morgan fingerprint density at radius 2 is 2.10 bits per heavy atom. The van der Waals surface area contributed by atoms with Crippen LogP contribution in [0.2, 0.25) is 0 Å². The Kier molecular flexibility index (Phi) is 7.45. The number of nitrogens with zero attached hydrogens (tertiary/aromatic N) is 1. The summed E-state index contributed by atoms with van der Waals surface area (Å²) in [6.07, 6.45) is 2.33. The highest BCUT2D eigenvalue weighted by Crippen LogP contribution is 2.21. The van der Waals surface area contributed by atoms with Gasteiger partial charge in [0, 0.05) is 16.6 Å². The van der Waals surface area contributed by atoms with Gasteiger partial charge in [0.25, 0.3) is 0 Å². The highest BCUT2D eigenvalue weighted by molar-refractivity contribution is 9.10. The summed E-state index contributed by atoms with van der Waals surface area (Å²) < 4.78 is 6.44. The molecular weight excluding hydrogens is 338 g/mol. The van der Waals surface area contributed by atoms with Gasteiger partial charge in [-0.3, -0.25) is 9.59 Å². The fourth-order valence-electron chi connectivity index (χ4n) is 1.42. The van der Waals surface area contributed by atoms with Gasteiger partial charge in [0.15, 0.2) is 0 Å². The second kappa shape index (κ2) is 9.12. The summed E-state index contributed by atoms with van der Waals surface area (Å²) in [6.45, 7) is 4.72. The molecule has 0 aromatic heterocycles. The summed E-state index contributed by atoms with van der Waals surface area (Å²) in [4.78, 5) is 22.6. The predicted octanol–water partition coefficient (Wildman–Crippen LogP) is 1.82. The van der Waals surface area contributed by atoms with E-state index in [1.807, 2.05) is 25.1 Å². The van der Waals surface area contributed by atoms with E-state index >= 15 is 0 Å². The molecule has 1 rings (SSSR count). The number of nitrogens with one attached hydrogen (secondary N) is 2. The van der Waals surface area contributed by atoms with Gasteiger partial charge in [0.05, 0.1) is 12.8 Å². The molecule has 0 heterocycles. The van der Waals surface area contributed by atoms with Gasteiger partial charge in [-0.1, -0.05) is 22.9 Å². The first kappa shape index (κ1) is 17.2. The van der Waals surface area contributed by atoms with E-state index in [-0.39, 0.29) is 0 Å². The molecule has 2 amide bonds. The normalized spacial score (nSPS) is 10.4. The second-order valence-electron chi connectivity index (χ2n) is 4.09. The van der Waals surface area contributed by atoms with Gasteiger partial charge < -0.3 is 10.1 Å². The number of carbonyl (C=O) groups excluding carboxylic acids is 2. The molecule has 1 aromatic carbocycles. The standard InChI is InChI=1S/C14H18BrN3O3/c1-3-7-21-12-6-5-11(15)8-10(12)9-17-18-14(20)13(19)16-4-2/h5-6,8-9H,3-4,7H2,1-2H3,(H,16,19)(H,18,20)/b17-9-. The van der Waals surface area contributed by atoms with Crippen LogP contribution in [0.25, 0.3) is 0 Å². The molecule has 0 bridgehead atoms. The Morgan fingerprint density at radius 3 is 2.76 bits per heavy atom. The monoisotopic (exact) mass is 355 g/mol. The van der Waals surface area contributed by atoms with Crippen molar-refractivity contribution < 1.29 is 14.3 Å². The number of likely N-dealkylation sites (N-methyl/N-ethyl adjacent to an activating group) is 1. The number of hydrogen-bond donors (Lipinski definition) is 2. The number of ether oxygens (including phenoxy) is 1. The van der Waals surface area contributed by atoms with E-state index in [9.17, 15) is 9.59 Å². The van der Waals surface area contributed by atoms with Crippen molar-refractivity contribution in [3.05, 3.63) is 28.2 Å². The van der Waals surface area contributed by atoms with Crippen molar-refractivity contribution in [3.63, 3.8) is 0 Å². The Labute approximate surface area is 132 Å². The largest absolute Gasteiger partial charge is 0.493 e. The van der Waals surface area contributed by atoms with Crippen molar-refractivity contribution in [1.29, 1.82) is 0 Å². The molecule has 6 nitrogen and oxygen atoms in total. The zero-order valence-corrected chi connectivity index (χ0v) is 13.6. The second-order valence-corrected chi connectivity index (χ2v) is 5.00. The molecule has 2 N–H and O–H groups in total. The van der Waals surface area contributed by atoms with Crippen LogP contribution in [0.4, 0.5) is 0 Å². The fraction of sp³-hybridized carbons (Fsp3) is 0.357. The van der Waals surface area contributed by atoms with Crippen molar-refractivity contribution >= 4 is 34.0 Å². The molecule has 0 aliphatic rings. The fourth-order valence-corrected chi connectivity index (χ4v) is 1.79. The van der Waals surface area contributed by atoms with E-state index in [4.69, 9.17) is 4.74 Å². The first-order valence-corrected chi connectivity index (χ1v) is 7.41. The summed E-state index contributed by atoms with van der Waals surface area (Å²) in [5, 5.41) is 6.15. The first-order valence-electron chi connectivity index (χ1n) is 6.62. The molecule has 0 saturated carbocycles. The highest BCUT2D eigenvalue weighted by atomic mass is 79.9. The van der Waals surface area contributed by atoms with Crippen LogP contribution >= 0.6 is 15.9 Å². The average Bonchev–Trinajstić information content (AvgIpc) is 2.46. The third-order valence-corrected chi connectivity index (χ3v) is 2.84. The van der Waals surface area contributed by atoms with Crippen LogP contribution in [0.5, 0.6) is 5.75 Å². The van der Waals surface area contributed by atoms with Gasteiger partial charge >= 0.3 is 11.8 Å². The number of rotatable bonds is 6. The minimum Gasteiger partial charge on any atom is -0.493 e. The molecule has 0 spiro atoms. The van der Waals surface area contributed by atoms with Gasteiger partial charge in [0.2, 0.25) is 0 Å². The topological polar surface area (TPSA) is 79.8 Å². The van der Waals surface area contributed by atoms with E-state index in [2.05, 4.69) is 31.8 Å². The van der Waals surface area contributed by atoms with Crippen molar-refractivity contribution in [2.45, 2.75) is 20.3 Å². The summed E-state index contributed by atoms with van der Waals surface area (Å²) >= 11 is 3.36. The van der Waals surface area contributed by atoms with Crippen LogP contribution in [0.15, 0.2) is 27.8 Å². The maximum atomic E-state index is 11.4. The third kappa shape index (κ3) is 5.95. The molecule has 0 atom stereocenters. The van der Waals surface area contributed by atoms with Crippen LogP contribution in [-0.2, 0) is 9.59 Å². The van der Waals surface area contributed by atoms with E-state index in [1.165, 1.54) is 6.21 Å². The van der Waals surface area contributed by atoms with Crippen LogP contribution in [0.3, 0.4) is 0 Å². The molecule has 0 aliphatic carbocycles. The van der Waals surface area contributed by atoms with Crippen LogP contribution in [-0.4, -0.2) is 31.2 Å². The lowest BCUT2D eigenvalue weighted by atomic mass is 10.2. The summed E-state index contributed by atoms with van der Waals surface area (Å²) in [7, 11) is 0. The van der Waals surface area contributed by atoms with E-state index in [0.29, 0.717) is 24.5 Å². The van der Waals surface area contributed by atoms with E-state index < -0.39 is 11.8 Å². The number of carbonyl (C=O) groups is 2. The lowest BCUT2D eigenvalue weighted by molar-refractivity contribution is -0.139. The van der Waals surface area contributed by atoms with Crippen LogP contribution in [0, 0.1) is 0 Å². The molecule has 7 heteroatoms. The molecule has 0 fully saturated rings. The Bertz CT molecular complexity index is 532. The Morgan fingerprint density at radius 1 is 1.33 bits per heavy atom. The zero-order chi connectivity index (χ0) is 15.7. The van der Waals surface area contributed by atoms with E-state index in [1.54, 1.807) is 6.92 Å². The minimum absolute atomic E-state index is 0.386. The minimum atomic E-state index is -0.806. The van der Waals surface area contributed by atoms with Crippen molar-refractivity contribution in [1.82, 2.24) is 10.7 Å². The predicted molar refractivity (Wildman–Crippen MR) is 84.3 cm³/mol. The summed E-state index contributed by atoms with van der Waals surface area (Å²) in [5.74, 6) is -0.860. The van der Waals surface area contributed by atoms with E-state index in [0.717, 1.165) is 10.9 Å². The Balaban J connectivity index is 2.72. The number of benzene rings is 1. The summed E-state index contributed by atoms with van der Waals surface area (Å²) in [5.41, 5.74) is 2.87. The van der Waals surface area contributed by atoms with Crippen LogP contribution < -0.4 is 15.5 Å². The number of hydrazone groups is 1. The van der Waals surface area contributed by atoms with Gasteiger partial charge in [-0.2, -0.15) is 5.10 Å². The molecule has 1 aromatic rings. The van der Waals surface area contributed by atoms with Gasteiger partial charge in [-0.15, -0.1) is 0 Å². The van der Waals surface area contributed by atoms with Crippen LogP contribution in [0.1, 0.15) is 25.8 Å². The van der Waals surface area contributed by atoms with Crippen molar-refractivity contribution in [2.24, 2.45) is 5.10 Å². The molecule has 0 aliphatic heterocycles. The first-order chi connectivity index (χ1) is 10.1. The van der Waals surface area contributed by atoms with Gasteiger partial charge in [-0.25, -0.2) is 5.43 Å². The highest BCUT2D eigenvalue weighted by Gasteiger charge is 2.10. The number of hydrogen-bond acceptors (Lipinski definition) is 4. The average molecular weight is 356 g/mol. The maximum absolute atomic E-state index is 11.4. The van der Waals surface area contributed by atoms with Gasteiger partial charge in [0.1, 0.15) is 5.75 Å². The smallest absolute Gasteiger partial charge is 0.329 e. The van der Waals surface area contributed by atoms with Crippen molar-refractivity contribution in [2.75, 3.05) is 13.2 Å². The lowest BCUT2D eigenvalue weighted by Gasteiger charge is -2.08. The van der Waals surface area contributed by atoms with Crippen molar-refractivity contribution in [3.8, 4) is 5.75 Å². The SMILES string of the molecule is CCCOc1ccc(Br)cc1/C=N\NC(=O)C(=O)NCC. The summed E-state index contributed by atoms with van der Waals surface area (Å²) in [6, 6.07) is 5.48. The quantitative estimate of drug-likeness (QED) is 0.464. The maximum Gasteiger partial charge on any atom is 0.329 e. The molecule has 114 valence electrons. The lowest BCUT2D eigenvalue weighted by Crippen LogP contribution is -2.37. The zero-order valence-electron chi connectivity index (χ0n) is 12.0. The number of amides is 2. The number of halogens is 1. The molecule has 21 heavy (non-hydrogen) atoms. The third-order valence-electron chi connectivity index (χ3n) is 2.35. The molecular formula is C14H18BrN3O3.